The molecule has 3 aromatic rings. The van der Waals surface area contributed by atoms with Gasteiger partial charge in [0, 0.05) is 28.5 Å². The lowest BCUT2D eigenvalue weighted by Crippen LogP contribution is -2.11. The first-order valence-electron chi connectivity index (χ1n) is 6.07. The number of carbonyl (C=O) groups is 1. The van der Waals surface area contributed by atoms with Crippen LogP contribution in [0.15, 0.2) is 48.7 Å². The van der Waals surface area contributed by atoms with Gasteiger partial charge < -0.3 is 16.0 Å². The van der Waals surface area contributed by atoms with Crippen molar-refractivity contribution in [2.75, 3.05) is 11.1 Å². The van der Waals surface area contributed by atoms with E-state index in [-0.39, 0.29) is 11.7 Å². The third-order valence-corrected chi connectivity index (χ3v) is 3.05. The number of nitrogen functional groups attached to an aromatic ring is 1. The van der Waals surface area contributed by atoms with Gasteiger partial charge in [-0.05, 0) is 42.5 Å². The molecule has 3 rings (SSSR count). The molecule has 1 amide bonds. The molecule has 0 fully saturated rings. The highest BCUT2D eigenvalue weighted by molar-refractivity contribution is 6.13. The molecule has 0 aliphatic heterocycles. The Morgan fingerprint density at radius 1 is 1.15 bits per heavy atom. The van der Waals surface area contributed by atoms with Gasteiger partial charge in [-0.25, -0.2) is 4.39 Å². The van der Waals surface area contributed by atoms with E-state index in [1.807, 2.05) is 6.07 Å². The lowest BCUT2D eigenvalue weighted by molar-refractivity contribution is 0.102. The quantitative estimate of drug-likeness (QED) is 0.625. The SMILES string of the molecule is Nc1ccc2[nH]cc(C(=O)Nc3ccc(F)cc3)c2c1. The first-order chi connectivity index (χ1) is 9.63. The van der Waals surface area contributed by atoms with Crippen molar-refractivity contribution in [2.45, 2.75) is 0 Å². The summed E-state index contributed by atoms with van der Waals surface area (Å²) in [5.41, 5.74) is 8.19. The van der Waals surface area contributed by atoms with Gasteiger partial charge in [-0.1, -0.05) is 0 Å². The highest BCUT2D eigenvalue weighted by Crippen LogP contribution is 2.22. The molecule has 0 atom stereocenters. The molecule has 0 saturated carbocycles. The average molecular weight is 269 g/mol. The smallest absolute Gasteiger partial charge is 0.257 e. The second kappa shape index (κ2) is 4.70. The summed E-state index contributed by atoms with van der Waals surface area (Å²) in [6.45, 7) is 0. The van der Waals surface area contributed by atoms with Crippen LogP contribution in [0, 0.1) is 5.82 Å². The monoisotopic (exact) mass is 269 g/mol. The van der Waals surface area contributed by atoms with E-state index in [1.54, 1.807) is 18.3 Å². The normalized spacial score (nSPS) is 10.7. The molecule has 5 heteroatoms. The molecule has 0 aliphatic rings. The number of aromatic amines is 1. The van der Waals surface area contributed by atoms with Crippen molar-refractivity contribution in [3.05, 3.63) is 60.0 Å². The number of nitrogens with two attached hydrogens (primary N) is 1. The van der Waals surface area contributed by atoms with Crippen molar-refractivity contribution in [1.82, 2.24) is 4.98 Å². The maximum atomic E-state index is 12.8. The highest BCUT2D eigenvalue weighted by Gasteiger charge is 2.12. The molecule has 4 N–H and O–H groups in total. The number of carbonyl (C=O) groups excluding carboxylic acids is 1. The van der Waals surface area contributed by atoms with Gasteiger partial charge in [-0.3, -0.25) is 4.79 Å². The standard InChI is InChI=1S/C15H12FN3O/c16-9-1-4-11(5-2-9)19-15(20)13-8-18-14-6-3-10(17)7-12(13)14/h1-8,18H,17H2,(H,19,20). The number of H-pyrrole nitrogens is 1. The number of aromatic nitrogens is 1. The van der Waals surface area contributed by atoms with Crippen molar-refractivity contribution >= 4 is 28.2 Å². The van der Waals surface area contributed by atoms with Gasteiger partial charge in [0.1, 0.15) is 5.82 Å². The van der Waals surface area contributed by atoms with Crippen LogP contribution in [0.3, 0.4) is 0 Å². The Labute approximate surface area is 114 Å². The van der Waals surface area contributed by atoms with Gasteiger partial charge in [0.25, 0.3) is 5.91 Å². The van der Waals surface area contributed by atoms with E-state index in [1.165, 1.54) is 24.3 Å². The highest BCUT2D eigenvalue weighted by atomic mass is 19.1. The van der Waals surface area contributed by atoms with E-state index in [0.717, 1.165) is 10.9 Å². The number of benzene rings is 2. The van der Waals surface area contributed by atoms with Crippen LogP contribution < -0.4 is 11.1 Å². The van der Waals surface area contributed by atoms with Crippen LogP contribution in [0.25, 0.3) is 10.9 Å². The van der Waals surface area contributed by atoms with E-state index < -0.39 is 0 Å². The average Bonchev–Trinajstić information content (AvgIpc) is 2.84. The fourth-order valence-corrected chi connectivity index (χ4v) is 2.06. The molecular formula is C15H12FN3O. The summed E-state index contributed by atoms with van der Waals surface area (Å²) in [5, 5.41) is 3.47. The molecular weight excluding hydrogens is 257 g/mol. The topological polar surface area (TPSA) is 70.9 Å². The second-order valence-corrected chi connectivity index (χ2v) is 4.47. The van der Waals surface area contributed by atoms with E-state index in [2.05, 4.69) is 10.3 Å². The lowest BCUT2D eigenvalue weighted by atomic mass is 10.1. The van der Waals surface area contributed by atoms with Gasteiger partial charge in [0.2, 0.25) is 0 Å². The summed E-state index contributed by atoms with van der Waals surface area (Å²) >= 11 is 0. The fraction of sp³-hybridized carbons (Fsp3) is 0. The molecule has 0 unspecified atom stereocenters. The molecule has 4 nitrogen and oxygen atoms in total. The number of amides is 1. The number of rotatable bonds is 2. The molecule has 0 bridgehead atoms. The maximum Gasteiger partial charge on any atom is 0.257 e. The van der Waals surface area contributed by atoms with E-state index >= 15 is 0 Å². The first kappa shape index (κ1) is 12.2. The largest absolute Gasteiger partial charge is 0.399 e. The lowest BCUT2D eigenvalue weighted by Gasteiger charge is -2.04. The zero-order chi connectivity index (χ0) is 14.1. The Balaban J connectivity index is 1.92. The van der Waals surface area contributed by atoms with Gasteiger partial charge in [-0.2, -0.15) is 0 Å². The molecule has 0 radical (unpaired) electrons. The fourth-order valence-electron chi connectivity index (χ4n) is 2.06. The number of hydrogen-bond donors (Lipinski definition) is 3. The van der Waals surface area contributed by atoms with Gasteiger partial charge >= 0.3 is 0 Å². The number of hydrogen-bond acceptors (Lipinski definition) is 2. The Hall–Kier alpha value is -2.82. The van der Waals surface area contributed by atoms with Crippen LogP contribution in [0.5, 0.6) is 0 Å². The van der Waals surface area contributed by atoms with Crippen molar-refractivity contribution < 1.29 is 9.18 Å². The third kappa shape index (κ3) is 2.21. The van der Waals surface area contributed by atoms with E-state index in [9.17, 15) is 9.18 Å². The van der Waals surface area contributed by atoms with Crippen LogP contribution in [0.1, 0.15) is 10.4 Å². The summed E-state index contributed by atoms with van der Waals surface area (Å²) in [7, 11) is 0. The van der Waals surface area contributed by atoms with Crippen LogP contribution in [0.4, 0.5) is 15.8 Å². The van der Waals surface area contributed by atoms with Crippen LogP contribution in [-0.4, -0.2) is 10.9 Å². The molecule has 100 valence electrons. The number of anilines is 2. The summed E-state index contributed by atoms with van der Waals surface area (Å²) in [4.78, 5) is 15.2. The van der Waals surface area contributed by atoms with Crippen LogP contribution in [0.2, 0.25) is 0 Å². The Kier molecular flexibility index (Phi) is 2.87. The minimum atomic E-state index is -0.345. The molecule has 0 saturated heterocycles. The minimum Gasteiger partial charge on any atom is -0.399 e. The number of halogens is 1. The summed E-state index contributed by atoms with van der Waals surface area (Å²) in [6, 6.07) is 10.9. The summed E-state index contributed by atoms with van der Waals surface area (Å²) < 4.78 is 12.8. The maximum absolute atomic E-state index is 12.8. The zero-order valence-corrected chi connectivity index (χ0v) is 10.5. The predicted molar refractivity (Wildman–Crippen MR) is 77.1 cm³/mol. The molecule has 0 aliphatic carbocycles. The third-order valence-electron chi connectivity index (χ3n) is 3.05. The first-order valence-corrected chi connectivity index (χ1v) is 6.07. The van der Waals surface area contributed by atoms with Crippen LogP contribution in [-0.2, 0) is 0 Å². The zero-order valence-electron chi connectivity index (χ0n) is 10.5. The number of nitrogens with one attached hydrogen (secondary N) is 2. The van der Waals surface area contributed by atoms with E-state index in [4.69, 9.17) is 5.73 Å². The summed E-state index contributed by atoms with van der Waals surface area (Å²) in [5.74, 6) is -0.615. The van der Waals surface area contributed by atoms with Gasteiger partial charge in [0.15, 0.2) is 0 Å². The Morgan fingerprint density at radius 2 is 1.90 bits per heavy atom. The molecule has 20 heavy (non-hydrogen) atoms. The van der Waals surface area contributed by atoms with Crippen molar-refractivity contribution in [2.24, 2.45) is 0 Å². The number of fused-ring (bicyclic) bond motifs is 1. The van der Waals surface area contributed by atoms with Crippen molar-refractivity contribution in [3.8, 4) is 0 Å². The van der Waals surface area contributed by atoms with Gasteiger partial charge in [0.05, 0.1) is 5.56 Å². The molecule has 2 aromatic carbocycles. The van der Waals surface area contributed by atoms with Crippen LogP contribution >= 0.6 is 0 Å². The van der Waals surface area contributed by atoms with Gasteiger partial charge in [-0.15, -0.1) is 0 Å². The molecule has 1 heterocycles. The Bertz CT molecular complexity index is 777. The summed E-state index contributed by atoms with van der Waals surface area (Å²) in [6.07, 6.45) is 1.63. The van der Waals surface area contributed by atoms with Crippen molar-refractivity contribution in [1.29, 1.82) is 0 Å². The van der Waals surface area contributed by atoms with E-state index in [0.29, 0.717) is 16.9 Å². The second-order valence-electron chi connectivity index (χ2n) is 4.47. The van der Waals surface area contributed by atoms with Crippen molar-refractivity contribution in [3.63, 3.8) is 0 Å². The molecule has 0 spiro atoms. The Morgan fingerprint density at radius 3 is 2.65 bits per heavy atom. The minimum absolute atomic E-state index is 0.270. The predicted octanol–water partition coefficient (Wildman–Crippen LogP) is 3.14. The molecule has 1 aromatic heterocycles.